The molecule has 0 aromatic rings. The van der Waals surface area contributed by atoms with Gasteiger partial charge in [0, 0.05) is 6.04 Å². The largest absolute Gasteiger partial charge is 0.352 e. The van der Waals surface area contributed by atoms with E-state index >= 15 is 0 Å². The van der Waals surface area contributed by atoms with E-state index in [0.29, 0.717) is 18.8 Å². The summed E-state index contributed by atoms with van der Waals surface area (Å²) in [6, 6.07) is -0.370. The van der Waals surface area contributed by atoms with Crippen molar-refractivity contribution < 1.29 is 14.4 Å². The van der Waals surface area contributed by atoms with Crippen molar-refractivity contribution in [3.8, 4) is 0 Å². The van der Waals surface area contributed by atoms with E-state index in [-0.39, 0.29) is 24.4 Å². The van der Waals surface area contributed by atoms with Crippen molar-refractivity contribution in [3.05, 3.63) is 0 Å². The molecule has 4 amide bonds. The van der Waals surface area contributed by atoms with E-state index in [4.69, 9.17) is 0 Å². The van der Waals surface area contributed by atoms with Crippen molar-refractivity contribution >= 4 is 17.8 Å². The molecular weight excluding hydrogens is 306 g/mol. The summed E-state index contributed by atoms with van der Waals surface area (Å²) in [6.45, 7) is 6.15. The van der Waals surface area contributed by atoms with Crippen LogP contribution in [0.3, 0.4) is 0 Å². The Bertz CT molecular complexity index is 484. The number of hydrogen-bond acceptors (Lipinski definition) is 3. The third-order valence-electron chi connectivity index (χ3n) is 5.08. The average Bonchev–Trinajstić information content (AvgIpc) is 2.72. The summed E-state index contributed by atoms with van der Waals surface area (Å²) in [7, 11) is 0. The first kappa shape index (κ1) is 18.7. The Morgan fingerprint density at radius 1 is 1.17 bits per heavy atom. The van der Waals surface area contributed by atoms with Crippen molar-refractivity contribution in [2.75, 3.05) is 6.54 Å². The molecule has 2 rings (SSSR count). The lowest BCUT2D eigenvalue weighted by atomic mass is 9.82. The zero-order chi connectivity index (χ0) is 17.7. The molecule has 6 nitrogen and oxygen atoms in total. The maximum atomic E-state index is 12.6. The molecule has 0 aromatic carbocycles. The van der Waals surface area contributed by atoms with Crippen LogP contribution in [0.2, 0.25) is 0 Å². The fourth-order valence-corrected chi connectivity index (χ4v) is 3.68. The van der Waals surface area contributed by atoms with E-state index in [1.165, 1.54) is 0 Å². The second-order valence-corrected chi connectivity index (χ2v) is 7.76. The number of amides is 4. The molecule has 0 aromatic heterocycles. The fourth-order valence-electron chi connectivity index (χ4n) is 3.68. The first-order valence-corrected chi connectivity index (χ1v) is 9.27. The summed E-state index contributed by atoms with van der Waals surface area (Å²) >= 11 is 0. The molecule has 0 bridgehead atoms. The van der Waals surface area contributed by atoms with E-state index in [2.05, 4.69) is 24.5 Å². The van der Waals surface area contributed by atoms with E-state index in [1.54, 1.807) is 0 Å². The van der Waals surface area contributed by atoms with Gasteiger partial charge in [0.25, 0.3) is 5.91 Å². The molecule has 2 fully saturated rings. The first-order valence-electron chi connectivity index (χ1n) is 9.27. The van der Waals surface area contributed by atoms with Crippen LogP contribution in [0.4, 0.5) is 4.79 Å². The molecule has 2 N–H and O–H groups in total. The van der Waals surface area contributed by atoms with Crippen molar-refractivity contribution in [3.63, 3.8) is 0 Å². The Balaban J connectivity index is 1.83. The topological polar surface area (TPSA) is 78.5 Å². The average molecular weight is 337 g/mol. The van der Waals surface area contributed by atoms with Gasteiger partial charge in [-0.1, -0.05) is 46.0 Å². The quantitative estimate of drug-likeness (QED) is 0.701. The molecule has 1 saturated heterocycles. The number of urea groups is 1. The van der Waals surface area contributed by atoms with Gasteiger partial charge < -0.3 is 10.6 Å². The van der Waals surface area contributed by atoms with Crippen molar-refractivity contribution in [2.45, 2.75) is 83.7 Å². The molecule has 1 aliphatic heterocycles. The van der Waals surface area contributed by atoms with Crippen LogP contribution >= 0.6 is 0 Å². The lowest BCUT2D eigenvalue weighted by Crippen LogP contribution is -2.49. The Morgan fingerprint density at radius 3 is 2.46 bits per heavy atom. The molecule has 2 aliphatic rings. The van der Waals surface area contributed by atoms with Crippen molar-refractivity contribution in [1.82, 2.24) is 15.5 Å². The summed E-state index contributed by atoms with van der Waals surface area (Å²) in [4.78, 5) is 38.0. The minimum atomic E-state index is -0.751. The normalized spacial score (nSPS) is 21.2. The summed E-state index contributed by atoms with van der Waals surface area (Å²) < 4.78 is 0. The third-order valence-corrected chi connectivity index (χ3v) is 5.08. The fraction of sp³-hybridized carbons (Fsp3) is 0.833. The Kier molecular flexibility index (Phi) is 6.24. The highest BCUT2D eigenvalue weighted by molar-refractivity contribution is 6.09. The lowest BCUT2D eigenvalue weighted by molar-refractivity contribution is -0.136. The molecular formula is C18H31N3O3. The van der Waals surface area contributed by atoms with Gasteiger partial charge in [0.05, 0.1) is 0 Å². The van der Waals surface area contributed by atoms with Gasteiger partial charge >= 0.3 is 6.03 Å². The number of nitrogens with zero attached hydrogens (tertiary/aromatic N) is 1. The third kappa shape index (κ3) is 4.48. The summed E-state index contributed by atoms with van der Waals surface area (Å²) in [5, 5.41) is 5.73. The molecule has 0 unspecified atom stereocenters. The summed E-state index contributed by atoms with van der Waals surface area (Å²) in [5.74, 6) is 0.170. The minimum absolute atomic E-state index is 0.0562. The second-order valence-electron chi connectivity index (χ2n) is 7.76. The Hall–Kier alpha value is -1.59. The van der Waals surface area contributed by atoms with Crippen LogP contribution in [0.1, 0.15) is 72.1 Å². The molecule has 1 atom stereocenters. The van der Waals surface area contributed by atoms with Crippen molar-refractivity contribution in [2.24, 2.45) is 5.92 Å². The van der Waals surface area contributed by atoms with Crippen LogP contribution in [-0.4, -0.2) is 40.9 Å². The van der Waals surface area contributed by atoms with Gasteiger partial charge in [-0.05, 0) is 32.1 Å². The van der Waals surface area contributed by atoms with Gasteiger partial charge in [-0.15, -0.1) is 0 Å². The molecule has 1 heterocycles. The Morgan fingerprint density at radius 2 is 1.83 bits per heavy atom. The number of imide groups is 1. The number of hydrogen-bond donors (Lipinski definition) is 2. The van der Waals surface area contributed by atoms with Crippen LogP contribution in [-0.2, 0) is 9.59 Å². The van der Waals surface area contributed by atoms with Crippen LogP contribution in [0.25, 0.3) is 0 Å². The zero-order valence-electron chi connectivity index (χ0n) is 15.2. The predicted molar refractivity (Wildman–Crippen MR) is 92.4 cm³/mol. The van der Waals surface area contributed by atoms with Crippen LogP contribution < -0.4 is 10.6 Å². The molecule has 0 radical (unpaired) electrons. The minimum Gasteiger partial charge on any atom is -0.352 e. The van der Waals surface area contributed by atoms with E-state index in [9.17, 15) is 14.4 Å². The number of carbonyl (C=O) groups is 3. The Labute approximate surface area is 144 Å². The van der Waals surface area contributed by atoms with Gasteiger partial charge in [0.2, 0.25) is 5.91 Å². The van der Waals surface area contributed by atoms with Crippen LogP contribution in [0, 0.1) is 5.92 Å². The number of nitrogens with one attached hydrogen (secondary N) is 2. The van der Waals surface area contributed by atoms with Crippen LogP contribution in [0.15, 0.2) is 0 Å². The maximum Gasteiger partial charge on any atom is 0.325 e. The zero-order valence-corrected chi connectivity index (χ0v) is 15.2. The first-order chi connectivity index (χ1) is 11.3. The van der Waals surface area contributed by atoms with Gasteiger partial charge in [-0.25, -0.2) is 4.79 Å². The smallest absolute Gasteiger partial charge is 0.325 e. The predicted octanol–water partition coefficient (Wildman–Crippen LogP) is 2.57. The molecule has 1 saturated carbocycles. The molecule has 1 spiro atoms. The SMILES string of the molecule is CC(C)CCC[C@H](C)NC(=O)CN1C(=O)NC2(CCCCC2)C1=O. The van der Waals surface area contributed by atoms with Gasteiger partial charge in [0.15, 0.2) is 0 Å². The lowest BCUT2D eigenvalue weighted by Gasteiger charge is -2.30. The van der Waals surface area contributed by atoms with E-state index < -0.39 is 11.6 Å². The standard InChI is InChI=1S/C18H31N3O3/c1-13(2)8-7-9-14(3)19-15(22)12-21-16(23)18(20-17(21)24)10-5-4-6-11-18/h13-14H,4-12H2,1-3H3,(H,19,22)(H,20,24)/t14-/m0/s1. The monoisotopic (exact) mass is 337 g/mol. The van der Waals surface area contributed by atoms with Gasteiger partial charge in [-0.3, -0.25) is 14.5 Å². The molecule has 1 aliphatic carbocycles. The van der Waals surface area contributed by atoms with Crippen LogP contribution in [0.5, 0.6) is 0 Å². The maximum absolute atomic E-state index is 12.6. The highest BCUT2D eigenvalue weighted by Crippen LogP contribution is 2.33. The van der Waals surface area contributed by atoms with Gasteiger partial charge in [0.1, 0.15) is 12.1 Å². The molecule has 24 heavy (non-hydrogen) atoms. The number of rotatable bonds is 7. The highest BCUT2D eigenvalue weighted by atomic mass is 16.2. The number of carbonyl (C=O) groups excluding carboxylic acids is 3. The second kappa shape index (κ2) is 7.99. The van der Waals surface area contributed by atoms with Gasteiger partial charge in [-0.2, -0.15) is 0 Å². The molecule has 6 heteroatoms. The summed E-state index contributed by atoms with van der Waals surface area (Å²) in [5.41, 5.74) is -0.751. The van der Waals surface area contributed by atoms with E-state index in [1.807, 2.05) is 6.92 Å². The van der Waals surface area contributed by atoms with E-state index in [0.717, 1.165) is 43.4 Å². The molecule has 136 valence electrons. The van der Waals surface area contributed by atoms with Crippen molar-refractivity contribution in [1.29, 1.82) is 0 Å². The summed E-state index contributed by atoms with van der Waals surface area (Å²) in [6.07, 6.45) is 7.45. The highest BCUT2D eigenvalue weighted by Gasteiger charge is 2.51.